The summed E-state index contributed by atoms with van der Waals surface area (Å²) in [5.41, 5.74) is 1.73. The number of rotatable bonds is 10. The van der Waals surface area contributed by atoms with Crippen molar-refractivity contribution in [3.8, 4) is 0 Å². The fourth-order valence-corrected chi connectivity index (χ4v) is 4.39. The van der Waals surface area contributed by atoms with Crippen molar-refractivity contribution >= 4 is 45.2 Å². The average molecular weight is 560 g/mol. The highest BCUT2D eigenvalue weighted by Gasteiger charge is 2.26. The van der Waals surface area contributed by atoms with Crippen molar-refractivity contribution in [2.24, 2.45) is 5.92 Å². The van der Waals surface area contributed by atoms with Crippen LogP contribution in [0.2, 0.25) is 0 Å². The smallest absolute Gasteiger partial charge is 0.251 e. The van der Waals surface area contributed by atoms with Gasteiger partial charge in [0.1, 0.15) is 5.82 Å². The molecule has 1 heterocycles. The maximum atomic E-state index is 14.0. The standard InChI is InChI=1S/C25H27BrFN5O2S/c1-5-12-32-23(22(15(2)3)29-24(34)17-8-6-16(4)7-9-17)30-31-25(32)35-14-21(33)28-20-11-10-18(26)13-19(20)27/h5-11,13,15,22H,1,12,14H2,2-4H3,(H,28,33)(H,29,34)/t22-/m0/s1. The van der Waals surface area contributed by atoms with Crippen LogP contribution in [0.3, 0.4) is 0 Å². The minimum absolute atomic E-state index is 0.00680. The van der Waals surface area contributed by atoms with E-state index in [-0.39, 0.29) is 29.2 Å². The van der Waals surface area contributed by atoms with E-state index in [4.69, 9.17) is 0 Å². The molecule has 0 aliphatic carbocycles. The molecule has 10 heteroatoms. The van der Waals surface area contributed by atoms with Gasteiger partial charge < -0.3 is 15.2 Å². The first kappa shape index (κ1) is 26.6. The molecule has 3 aromatic rings. The predicted molar refractivity (Wildman–Crippen MR) is 140 cm³/mol. The van der Waals surface area contributed by atoms with Crippen LogP contribution in [-0.4, -0.2) is 32.3 Å². The lowest BCUT2D eigenvalue weighted by atomic mass is 10.0. The number of hydrogen-bond donors (Lipinski definition) is 2. The van der Waals surface area contributed by atoms with Gasteiger partial charge >= 0.3 is 0 Å². The number of aryl methyl sites for hydroxylation is 1. The molecule has 7 nitrogen and oxygen atoms in total. The Morgan fingerprint density at radius 1 is 1.20 bits per heavy atom. The van der Waals surface area contributed by atoms with Gasteiger partial charge in [-0.2, -0.15) is 0 Å². The Morgan fingerprint density at radius 2 is 1.91 bits per heavy atom. The van der Waals surface area contributed by atoms with Crippen molar-refractivity contribution in [3.63, 3.8) is 0 Å². The molecule has 0 bridgehead atoms. The van der Waals surface area contributed by atoms with Crippen LogP contribution in [0.15, 0.2) is 64.7 Å². The van der Waals surface area contributed by atoms with Gasteiger partial charge in [0.2, 0.25) is 5.91 Å². The number of allylic oxidation sites excluding steroid dienone is 1. The molecule has 0 fully saturated rings. The quantitative estimate of drug-likeness (QED) is 0.252. The Kier molecular flexibility index (Phi) is 9.22. The normalized spacial score (nSPS) is 11.8. The summed E-state index contributed by atoms with van der Waals surface area (Å²) in [4.78, 5) is 25.3. The molecular weight excluding hydrogens is 533 g/mol. The maximum absolute atomic E-state index is 14.0. The van der Waals surface area contributed by atoms with Crippen LogP contribution in [0.4, 0.5) is 10.1 Å². The van der Waals surface area contributed by atoms with Crippen molar-refractivity contribution < 1.29 is 14.0 Å². The monoisotopic (exact) mass is 559 g/mol. The first-order valence-corrected chi connectivity index (χ1v) is 12.8. The molecule has 0 unspecified atom stereocenters. The third kappa shape index (κ3) is 7.02. The second-order valence-electron chi connectivity index (χ2n) is 8.26. The van der Waals surface area contributed by atoms with Crippen LogP contribution in [0.25, 0.3) is 0 Å². The Morgan fingerprint density at radius 3 is 2.54 bits per heavy atom. The van der Waals surface area contributed by atoms with Crippen molar-refractivity contribution in [1.82, 2.24) is 20.1 Å². The van der Waals surface area contributed by atoms with Gasteiger partial charge in [-0.05, 0) is 43.2 Å². The van der Waals surface area contributed by atoms with Gasteiger partial charge in [0.05, 0.1) is 17.5 Å². The summed E-state index contributed by atoms with van der Waals surface area (Å²) in [6, 6.07) is 11.4. The maximum Gasteiger partial charge on any atom is 0.251 e. The Balaban J connectivity index is 1.75. The van der Waals surface area contributed by atoms with Crippen LogP contribution in [-0.2, 0) is 11.3 Å². The summed E-state index contributed by atoms with van der Waals surface area (Å²) >= 11 is 4.37. The highest BCUT2D eigenvalue weighted by molar-refractivity contribution is 9.10. The molecule has 0 saturated carbocycles. The lowest BCUT2D eigenvalue weighted by Gasteiger charge is -2.22. The summed E-state index contributed by atoms with van der Waals surface area (Å²) in [6.07, 6.45) is 1.70. The largest absolute Gasteiger partial charge is 0.342 e. The molecule has 0 aliphatic heterocycles. The zero-order valence-electron chi connectivity index (χ0n) is 19.7. The fraction of sp³-hybridized carbons (Fsp3) is 0.280. The Hall–Kier alpha value is -2.98. The van der Waals surface area contributed by atoms with Crippen LogP contribution in [0.1, 0.15) is 41.6 Å². The van der Waals surface area contributed by atoms with Crippen molar-refractivity contribution in [1.29, 1.82) is 0 Å². The number of amides is 2. The predicted octanol–water partition coefficient (Wildman–Crippen LogP) is 5.53. The topological polar surface area (TPSA) is 88.9 Å². The molecular formula is C25H27BrFN5O2S. The molecule has 0 spiro atoms. The molecule has 0 radical (unpaired) electrons. The van der Waals surface area contributed by atoms with Gasteiger partial charge in [-0.15, -0.1) is 16.8 Å². The molecule has 184 valence electrons. The molecule has 2 N–H and O–H groups in total. The number of nitrogens with zero attached hydrogens (tertiary/aromatic N) is 3. The third-order valence-electron chi connectivity index (χ3n) is 5.14. The number of aromatic nitrogens is 3. The second kappa shape index (κ2) is 12.1. The number of nitrogens with one attached hydrogen (secondary N) is 2. The highest BCUT2D eigenvalue weighted by Crippen LogP contribution is 2.26. The van der Waals surface area contributed by atoms with Crippen molar-refractivity contribution in [3.05, 3.63) is 82.4 Å². The fourth-order valence-electron chi connectivity index (χ4n) is 3.30. The van der Waals surface area contributed by atoms with E-state index >= 15 is 0 Å². The molecule has 1 aromatic heterocycles. The van der Waals surface area contributed by atoms with E-state index in [2.05, 4.69) is 43.3 Å². The zero-order chi connectivity index (χ0) is 25.5. The van der Waals surface area contributed by atoms with Gasteiger partial charge in [-0.25, -0.2) is 4.39 Å². The summed E-state index contributed by atoms with van der Waals surface area (Å²) < 4.78 is 16.4. The molecule has 2 aromatic carbocycles. The molecule has 3 rings (SSSR count). The SMILES string of the molecule is C=CCn1c(SCC(=O)Nc2ccc(Br)cc2F)nnc1[C@@H](NC(=O)c1ccc(C)cc1)C(C)C. The summed E-state index contributed by atoms with van der Waals surface area (Å²) in [6.45, 7) is 10.1. The molecule has 2 amide bonds. The minimum Gasteiger partial charge on any atom is -0.342 e. The van der Waals surface area contributed by atoms with Gasteiger partial charge in [0.15, 0.2) is 11.0 Å². The van der Waals surface area contributed by atoms with E-state index in [1.807, 2.05) is 37.5 Å². The third-order valence-corrected chi connectivity index (χ3v) is 6.60. The molecule has 0 saturated heterocycles. The summed E-state index contributed by atoms with van der Waals surface area (Å²) in [7, 11) is 0. The molecule has 35 heavy (non-hydrogen) atoms. The van der Waals surface area contributed by atoms with Gasteiger partial charge in [0, 0.05) is 16.6 Å². The van der Waals surface area contributed by atoms with E-state index in [0.29, 0.717) is 27.6 Å². The first-order valence-electron chi connectivity index (χ1n) is 11.0. The molecule has 0 aliphatic rings. The van der Waals surface area contributed by atoms with Crippen molar-refractivity contribution in [2.75, 3.05) is 11.1 Å². The van der Waals surface area contributed by atoms with Gasteiger partial charge in [-0.1, -0.05) is 65.3 Å². The summed E-state index contributed by atoms with van der Waals surface area (Å²) in [5, 5.41) is 14.7. The number of anilines is 1. The number of benzene rings is 2. The van der Waals surface area contributed by atoms with Crippen LogP contribution in [0, 0.1) is 18.7 Å². The van der Waals surface area contributed by atoms with Crippen molar-refractivity contribution in [2.45, 2.75) is 38.5 Å². The van der Waals surface area contributed by atoms with E-state index in [0.717, 1.165) is 5.56 Å². The van der Waals surface area contributed by atoms with Gasteiger partial charge in [0.25, 0.3) is 5.91 Å². The van der Waals surface area contributed by atoms with Crippen LogP contribution < -0.4 is 10.6 Å². The number of hydrogen-bond acceptors (Lipinski definition) is 5. The van der Waals surface area contributed by atoms with Crippen LogP contribution >= 0.6 is 27.7 Å². The first-order chi connectivity index (χ1) is 16.7. The lowest BCUT2D eigenvalue weighted by Crippen LogP contribution is -2.33. The minimum atomic E-state index is -0.529. The number of carbonyl (C=O) groups is 2. The van der Waals surface area contributed by atoms with E-state index in [1.54, 1.807) is 24.3 Å². The number of carbonyl (C=O) groups excluding carboxylic acids is 2. The number of thioether (sulfide) groups is 1. The second-order valence-corrected chi connectivity index (χ2v) is 10.1. The van der Waals surface area contributed by atoms with E-state index in [1.165, 1.54) is 23.9 Å². The Labute approximate surface area is 216 Å². The zero-order valence-corrected chi connectivity index (χ0v) is 22.1. The number of halogens is 2. The highest BCUT2D eigenvalue weighted by atomic mass is 79.9. The van der Waals surface area contributed by atoms with E-state index in [9.17, 15) is 14.0 Å². The van der Waals surface area contributed by atoms with E-state index < -0.39 is 11.9 Å². The summed E-state index contributed by atoms with van der Waals surface area (Å²) in [5.74, 6) is -0.506. The van der Waals surface area contributed by atoms with Crippen LogP contribution in [0.5, 0.6) is 0 Å². The van der Waals surface area contributed by atoms with Gasteiger partial charge in [-0.3, -0.25) is 9.59 Å². The Bertz CT molecular complexity index is 1210. The average Bonchev–Trinajstić information content (AvgIpc) is 3.20. The lowest BCUT2D eigenvalue weighted by molar-refractivity contribution is -0.113. The molecule has 1 atom stereocenters.